The third-order valence-electron chi connectivity index (χ3n) is 3.19. The molecule has 1 aliphatic heterocycles. The molecule has 0 N–H and O–H groups in total. The van der Waals surface area contributed by atoms with Crippen molar-refractivity contribution in [2.45, 2.75) is 6.42 Å². The Balaban J connectivity index is 1.87. The number of halogens is 2. The van der Waals surface area contributed by atoms with Gasteiger partial charge < -0.3 is 9.47 Å². The van der Waals surface area contributed by atoms with Gasteiger partial charge in [0.2, 0.25) is 0 Å². The Morgan fingerprint density at radius 1 is 1.14 bits per heavy atom. The van der Waals surface area contributed by atoms with Crippen molar-refractivity contribution in [3.63, 3.8) is 0 Å². The fraction of sp³-hybridized carbons (Fsp3) is 0.188. The molecule has 0 spiro atoms. The van der Waals surface area contributed by atoms with E-state index in [-0.39, 0.29) is 5.78 Å². The van der Waals surface area contributed by atoms with E-state index in [9.17, 15) is 4.79 Å². The summed E-state index contributed by atoms with van der Waals surface area (Å²) >= 11 is 9.59. The maximum absolute atomic E-state index is 12.4. The fourth-order valence-corrected chi connectivity index (χ4v) is 2.91. The zero-order valence-electron chi connectivity index (χ0n) is 11.1. The lowest BCUT2D eigenvalue weighted by atomic mass is 10.0. The van der Waals surface area contributed by atoms with Crippen LogP contribution in [0.5, 0.6) is 11.5 Å². The van der Waals surface area contributed by atoms with E-state index in [2.05, 4.69) is 15.9 Å². The number of Topliss-reactive ketones (excluding diaryl/α,β-unsaturated/α-hetero) is 1. The second-order valence-corrected chi connectivity index (χ2v) is 6.03. The first-order chi connectivity index (χ1) is 10.1. The molecule has 0 atom stereocenters. The Morgan fingerprint density at radius 3 is 2.57 bits per heavy atom. The van der Waals surface area contributed by atoms with Gasteiger partial charge in [0.05, 0.1) is 5.02 Å². The second kappa shape index (κ2) is 6.08. The summed E-state index contributed by atoms with van der Waals surface area (Å²) in [6, 6.07) is 11.0. The summed E-state index contributed by atoms with van der Waals surface area (Å²) < 4.78 is 11.9. The van der Waals surface area contributed by atoms with Gasteiger partial charge in [0.1, 0.15) is 13.2 Å². The fourth-order valence-electron chi connectivity index (χ4n) is 2.21. The van der Waals surface area contributed by atoms with Gasteiger partial charge in [-0.15, -0.1) is 0 Å². The molecule has 3 rings (SSSR count). The van der Waals surface area contributed by atoms with Gasteiger partial charge in [-0.3, -0.25) is 4.79 Å². The van der Waals surface area contributed by atoms with Gasteiger partial charge in [-0.25, -0.2) is 0 Å². The zero-order chi connectivity index (χ0) is 14.8. The molecule has 2 aromatic rings. The molecule has 0 aromatic heterocycles. The van der Waals surface area contributed by atoms with Crippen LogP contribution < -0.4 is 9.47 Å². The van der Waals surface area contributed by atoms with Gasteiger partial charge in [0.15, 0.2) is 17.3 Å². The number of fused-ring (bicyclic) bond motifs is 1. The number of ether oxygens (including phenoxy) is 2. The van der Waals surface area contributed by atoms with Crippen LogP contribution in [0.3, 0.4) is 0 Å². The van der Waals surface area contributed by atoms with Crippen molar-refractivity contribution in [2.24, 2.45) is 0 Å². The minimum absolute atomic E-state index is 0.0462. The average molecular weight is 368 g/mol. The van der Waals surface area contributed by atoms with Crippen molar-refractivity contribution in [1.29, 1.82) is 0 Å². The molecule has 0 fully saturated rings. The molecule has 1 aliphatic rings. The summed E-state index contributed by atoms with van der Waals surface area (Å²) in [5, 5.41) is 0.388. The predicted octanol–water partition coefficient (Wildman–Crippen LogP) is 4.30. The monoisotopic (exact) mass is 366 g/mol. The summed E-state index contributed by atoms with van der Waals surface area (Å²) in [5.41, 5.74) is 1.39. The molecule has 108 valence electrons. The van der Waals surface area contributed by atoms with E-state index in [0.29, 0.717) is 41.7 Å². The topological polar surface area (TPSA) is 35.5 Å². The predicted molar refractivity (Wildman–Crippen MR) is 84.6 cm³/mol. The number of carbonyl (C=O) groups excluding carboxylic acids is 1. The first-order valence-electron chi connectivity index (χ1n) is 6.50. The van der Waals surface area contributed by atoms with Crippen molar-refractivity contribution >= 4 is 33.3 Å². The molecule has 0 saturated carbocycles. The van der Waals surface area contributed by atoms with Crippen molar-refractivity contribution < 1.29 is 14.3 Å². The van der Waals surface area contributed by atoms with Crippen LogP contribution >= 0.6 is 27.5 Å². The summed E-state index contributed by atoms with van der Waals surface area (Å²) in [4.78, 5) is 12.4. The lowest BCUT2D eigenvalue weighted by Crippen LogP contribution is -2.16. The lowest BCUT2D eigenvalue weighted by molar-refractivity contribution is 0.0992. The smallest absolute Gasteiger partial charge is 0.168 e. The van der Waals surface area contributed by atoms with E-state index in [0.717, 1.165) is 10.0 Å². The molecular formula is C16H12BrClO3. The Kier molecular flexibility index (Phi) is 4.17. The van der Waals surface area contributed by atoms with E-state index >= 15 is 0 Å². The van der Waals surface area contributed by atoms with Gasteiger partial charge in [0, 0.05) is 22.5 Å². The van der Waals surface area contributed by atoms with Gasteiger partial charge >= 0.3 is 0 Å². The van der Waals surface area contributed by atoms with E-state index in [1.807, 2.05) is 24.3 Å². The van der Waals surface area contributed by atoms with Gasteiger partial charge in [-0.05, 0) is 23.8 Å². The van der Waals surface area contributed by atoms with Crippen LogP contribution in [0.4, 0.5) is 0 Å². The van der Waals surface area contributed by atoms with Crippen LogP contribution in [0, 0.1) is 0 Å². The lowest BCUT2D eigenvalue weighted by Gasteiger charge is -2.19. The van der Waals surface area contributed by atoms with Crippen LogP contribution in [0.1, 0.15) is 15.9 Å². The first kappa shape index (κ1) is 14.4. The highest BCUT2D eigenvalue weighted by Crippen LogP contribution is 2.35. The Bertz CT molecular complexity index is 700. The molecule has 3 nitrogen and oxygen atoms in total. The minimum atomic E-state index is -0.0462. The van der Waals surface area contributed by atoms with E-state index < -0.39 is 0 Å². The van der Waals surface area contributed by atoms with Crippen LogP contribution in [0.15, 0.2) is 40.9 Å². The molecule has 0 amide bonds. The highest BCUT2D eigenvalue weighted by molar-refractivity contribution is 9.10. The number of carbonyl (C=O) groups is 1. The Labute approximate surface area is 136 Å². The zero-order valence-corrected chi connectivity index (χ0v) is 13.4. The molecule has 2 aromatic carbocycles. The van der Waals surface area contributed by atoms with Crippen molar-refractivity contribution in [1.82, 2.24) is 0 Å². The molecule has 0 unspecified atom stereocenters. The third kappa shape index (κ3) is 3.22. The third-order valence-corrected chi connectivity index (χ3v) is 3.99. The van der Waals surface area contributed by atoms with E-state index in [4.69, 9.17) is 21.1 Å². The highest BCUT2D eigenvalue weighted by Gasteiger charge is 2.19. The highest BCUT2D eigenvalue weighted by atomic mass is 79.9. The number of benzene rings is 2. The van der Waals surface area contributed by atoms with Crippen molar-refractivity contribution in [2.75, 3.05) is 13.2 Å². The number of hydrogen-bond donors (Lipinski definition) is 0. The van der Waals surface area contributed by atoms with Gasteiger partial charge in [-0.2, -0.15) is 0 Å². The standard InChI is InChI=1S/C16H12BrClO3/c17-11-3-1-2-10(6-11)7-14(19)12-8-15-16(9-13(12)18)21-5-4-20-15/h1-3,6,8-9H,4-5,7H2. The van der Waals surface area contributed by atoms with Gasteiger partial charge in [0.25, 0.3) is 0 Å². The molecule has 0 radical (unpaired) electrons. The van der Waals surface area contributed by atoms with Crippen LogP contribution in [0.25, 0.3) is 0 Å². The molecule has 0 aliphatic carbocycles. The molecule has 1 heterocycles. The largest absolute Gasteiger partial charge is 0.486 e. The van der Waals surface area contributed by atoms with Crippen molar-refractivity contribution in [3.05, 3.63) is 57.0 Å². The SMILES string of the molecule is O=C(Cc1cccc(Br)c1)c1cc2c(cc1Cl)OCCO2. The number of ketones is 1. The van der Waals surface area contributed by atoms with Crippen LogP contribution in [-0.2, 0) is 6.42 Å². The first-order valence-corrected chi connectivity index (χ1v) is 7.67. The Hall–Kier alpha value is -1.52. The van der Waals surface area contributed by atoms with Gasteiger partial charge in [-0.1, -0.05) is 39.7 Å². The Morgan fingerprint density at radius 2 is 1.86 bits per heavy atom. The quantitative estimate of drug-likeness (QED) is 0.759. The molecular weight excluding hydrogens is 356 g/mol. The summed E-state index contributed by atoms with van der Waals surface area (Å²) in [6.07, 6.45) is 0.290. The van der Waals surface area contributed by atoms with E-state index in [1.54, 1.807) is 12.1 Å². The number of rotatable bonds is 3. The summed E-state index contributed by atoms with van der Waals surface area (Å²) in [7, 11) is 0. The maximum Gasteiger partial charge on any atom is 0.168 e. The number of hydrogen-bond acceptors (Lipinski definition) is 3. The second-order valence-electron chi connectivity index (χ2n) is 4.71. The molecule has 21 heavy (non-hydrogen) atoms. The van der Waals surface area contributed by atoms with Crippen LogP contribution in [-0.4, -0.2) is 19.0 Å². The summed E-state index contributed by atoms with van der Waals surface area (Å²) in [6.45, 7) is 0.975. The van der Waals surface area contributed by atoms with Crippen molar-refractivity contribution in [3.8, 4) is 11.5 Å². The van der Waals surface area contributed by atoms with E-state index in [1.165, 1.54) is 0 Å². The van der Waals surface area contributed by atoms with Crippen LogP contribution in [0.2, 0.25) is 5.02 Å². The summed E-state index contributed by atoms with van der Waals surface area (Å²) in [5.74, 6) is 1.11. The molecule has 5 heteroatoms. The average Bonchev–Trinajstić information content (AvgIpc) is 2.46. The maximum atomic E-state index is 12.4. The normalized spacial score (nSPS) is 13.0. The molecule has 0 bridgehead atoms. The molecule has 0 saturated heterocycles. The minimum Gasteiger partial charge on any atom is -0.486 e.